The van der Waals surface area contributed by atoms with Crippen molar-refractivity contribution in [1.29, 1.82) is 0 Å². The second-order valence-corrected chi connectivity index (χ2v) is 7.46. The first-order valence-corrected chi connectivity index (χ1v) is 8.61. The maximum absolute atomic E-state index is 5.74. The van der Waals surface area contributed by atoms with Gasteiger partial charge in [0.25, 0.3) is 0 Å². The number of methoxy groups -OCH3 is 1. The lowest BCUT2D eigenvalue weighted by Crippen LogP contribution is -2.19. The van der Waals surface area contributed by atoms with Crippen LogP contribution in [0.2, 0.25) is 0 Å². The molecule has 0 aliphatic rings. The zero-order chi connectivity index (χ0) is 18.6. The van der Waals surface area contributed by atoms with Crippen molar-refractivity contribution < 1.29 is 14.0 Å². The van der Waals surface area contributed by atoms with E-state index >= 15 is 0 Å². The van der Waals surface area contributed by atoms with Gasteiger partial charge in [0.1, 0.15) is 0 Å². The molecule has 2 rings (SSSR count). The first-order valence-electron chi connectivity index (χ1n) is 8.61. The number of nitrogens with zero attached hydrogens (tertiary/aromatic N) is 2. The molecule has 0 saturated carbocycles. The zero-order valence-corrected chi connectivity index (χ0v) is 16.2. The summed E-state index contributed by atoms with van der Waals surface area (Å²) >= 11 is 0. The minimum atomic E-state index is -0.124. The Morgan fingerprint density at radius 2 is 1.88 bits per heavy atom. The summed E-state index contributed by atoms with van der Waals surface area (Å²) in [5.41, 5.74) is 0.969. The van der Waals surface area contributed by atoms with Crippen LogP contribution >= 0.6 is 0 Å². The normalized spacial score (nSPS) is 13.1. The number of hydrogen-bond acceptors (Lipinski definition) is 6. The van der Waals surface area contributed by atoms with Gasteiger partial charge in [0.05, 0.1) is 19.3 Å². The van der Waals surface area contributed by atoms with E-state index in [4.69, 9.17) is 14.0 Å². The summed E-state index contributed by atoms with van der Waals surface area (Å²) in [5.74, 6) is 2.79. The van der Waals surface area contributed by atoms with Gasteiger partial charge in [0.2, 0.25) is 5.89 Å². The lowest BCUT2D eigenvalue weighted by molar-refractivity contribution is 0.230. The smallest absolute Gasteiger partial charge is 0.243 e. The van der Waals surface area contributed by atoms with Gasteiger partial charge >= 0.3 is 0 Å². The molecule has 0 amide bonds. The Labute approximate surface area is 149 Å². The molecule has 0 spiro atoms. The third-order valence-corrected chi connectivity index (χ3v) is 3.69. The van der Waals surface area contributed by atoms with E-state index in [0.717, 1.165) is 17.1 Å². The van der Waals surface area contributed by atoms with Crippen LogP contribution in [0.25, 0.3) is 0 Å². The van der Waals surface area contributed by atoms with E-state index < -0.39 is 0 Å². The lowest BCUT2D eigenvalue weighted by Gasteiger charge is -2.15. The highest BCUT2D eigenvalue weighted by Gasteiger charge is 2.23. The van der Waals surface area contributed by atoms with Crippen molar-refractivity contribution in [2.75, 3.05) is 7.11 Å². The summed E-state index contributed by atoms with van der Waals surface area (Å²) in [7, 11) is 1.65. The predicted molar refractivity (Wildman–Crippen MR) is 97.0 cm³/mol. The molecule has 1 N–H and O–H groups in total. The van der Waals surface area contributed by atoms with Crippen molar-refractivity contribution in [1.82, 2.24) is 15.5 Å². The average Bonchev–Trinajstić information content (AvgIpc) is 3.03. The van der Waals surface area contributed by atoms with E-state index in [9.17, 15) is 0 Å². The van der Waals surface area contributed by atoms with Crippen molar-refractivity contribution in [3.63, 3.8) is 0 Å². The molecule has 138 valence electrons. The average molecular weight is 347 g/mol. The van der Waals surface area contributed by atoms with Gasteiger partial charge in [-0.3, -0.25) is 0 Å². The van der Waals surface area contributed by atoms with Crippen LogP contribution in [0.4, 0.5) is 0 Å². The number of benzene rings is 1. The number of aromatic nitrogens is 2. The van der Waals surface area contributed by atoms with Crippen LogP contribution in [0.3, 0.4) is 0 Å². The molecule has 0 radical (unpaired) electrons. The van der Waals surface area contributed by atoms with E-state index in [2.05, 4.69) is 36.2 Å². The molecule has 1 unspecified atom stereocenters. The molecular weight excluding hydrogens is 318 g/mol. The Bertz CT molecular complexity index is 689. The van der Waals surface area contributed by atoms with Crippen LogP contribution in [0, 0.1) is 0 Å². The molecule has 0 aliphatic heterocycles. The lowest BCUT2D eigenvalue weighted by atomic mass is 9.96. The van der Waals surface area contributed by atoms with Crippen molar-refractivity contribution >= 4 is 0 Å². The van der Waals surface area contributed by atoms with Crippen LogP contribution in [0.1, 0.15) is 64.9 Å². The zero-order valence-electron chi connectivity index (χ0n) is 16.2. The summed E-state index contributed by atoms with van der Waals surface area (Å²) in [4.78, 5) is 4.49. The van der Waals surface area contributed by atoms with Crippen molar-refractivity contribution in [3.8, 4) is 11.5 Å². The Morgan fingerprint density at radius 1 is 1.16 bits per heavy atom. The maximum atomic E-state index is 5.74. The van der Waals surface area contributed by atoms with E-state index in [0.29, 0.717) is 18.3 Å². The fourth-order valence-corrected chi connectivity index (χ4v) is 2.25. The van der Waals surface area contributed by atoms with Crippen LogP contribution in [0.5, 0.6) is 11.5 Å². The first-order chi connectivity index (χ1) is 11.7. The van der Waals surface area contributed by atoms with E-state index in [-0.39, 0.29) is 17.6 Å². The number of nitrogens with one attached hydrogen (secondary N) is 1. The Balaban J connectivity index is 2.01. The molecule has 1 aromatic heterocycles. The summed E-state index contributed by atoms with van der Waals surface area (Å²) < 4.78 is 16.5. The molecule has 25 heavy (non-hydrogen) atoms. The van der Waals surface area contributed by atoms with Gasteiger partial charge in [-0.25, -0.2) is 0 Å². The van der Waals surface area contributed by atoms with Crippen LogP contribution in [-0.2, 0) is 12.0 Å². The summed E-state index contributed by atoms with van der Waals surface area (Å²) in [5, 5.41) is 7.47. The van der Waals surface area contributed by atoms with Crippen molar-refractivity contribution in [2.24, 2.45) is 0 Å². The van der Waals surface area contributed by atoms with Gasteiger partial charge in [-0.05, 0) is 38.5 Å². The number of hydrogen-bond donors (Lipinski definition) is 1. The van der Waals surface area contributed by atoms with E-state index in [1.807, 2.05) is 39.0 Å². The third-order valence-electron chi connectivity index (χ3n) is 3.69. The Hall–Kier alpha value is -2.08. The fraction of sp³-hybridized carbons (Fsp3) is 0.579. The van der Waals surface area contributed by atoms with Crippen LogP contribution in [0.15, 0.2) is 22.7 Å². The highest BCUT2D eigenvalue weighted by atomic mass is 16.5. The molecule has 6 heteroatoms. The van der Waals surface area contributed by atoms with Gasteiger partial charge in [0, 0.05) is 12.0 Å². The quantitative estimate of drug-likeness (QED) is 0.816. The van der Waals surface area contributed by atoms with E-state index in [1.54, 1.807) is 7.11 Å². The first kappa shape index (κ1) is 19.2. The minimum Gasteiger partial charge on any atom is -0.493 e. The molecule has 0 bridgehead atoms. The maximum Gasteiger partial charge on any atom is 0.243 e. The second kappa shape index (κ2) is 7.87. The Morgan fingerprint density at radius 3 is 2.44 bits per heavy atom. The van der Waals surface area contributed by atoms with Crippen LogP contribution < -0.4 is 14.8 Å². The minimum absolute atomic E-state index is 0.0406. The highest BCUT2D eigenvalue weighted by molar-refractivity contribution is 5.43. The standard InChI is InChI=1S/C19H29N3O3/c1-12(2)24-15-9-8-14(10-16(15)23-7)11-20-13(3)17-21-18(22-25-17)19(4,5)6/h8-10,12-13,20H,11H2,1-7H3. The molecule has 0 saturated heterocycles. The number of ether oxygens (including phenoxy) is 2. The third kappa shape index (κ3) is 5.19. The van der Waals surface area contributed by atoms with E-state index in [1.165, 1.54) is 0 Å². The summed E-state index contributed by atoms with van der Waals surface area (Å²) in [6.07, 6.45) is 0.104. The SMILES string of the molecule is COc1cc(CNC(C)c2nc(C(C)(C)C)no2)ccc1OC(C)C. The topological polar surface area (TPSA) is 69.4 Å². The predicted octanol–water partition coefficient (Wildman–Crippen LogP) is 4.01. The fourth-order valence-electron chi connectivity index (χ4n) is 2.25. The van der Waals surface area contributed by atoms with Gasteiger partial charge in [-0.1, -0.05) is 32.0 Å². The van der Waals surface area contributed by atoms with Gasteiger partial charge in [-0.15, -0.1) is 0 Å². The summed E-state index contributed by atoms with van der Waals surface area (Å²) in [6, 6.07) is 5.90. The monoisotopic (exact) mass is 347 g/mol. The molecule has 6 nitrogen and oxygen atoms in total. The number of rotatable bonds is 7. The molecule has 2 aromatic rings. The molecule has 1 atom stereocenters. The Kier molecular flexibility index (Phi) is 6.06. The molecule has 0 fully saturated rings. The van der Waals surface area contributed by atoms with Crippen molar-refractivity contribution in [2.45, 2.75) is 65.6 Å². The molecular formula is C19H29N3O3. The highest BCUT2D eigenvalue weighted by Crippen LogP contribution is 2.29. The summed E-state index contributed by atoms with van der Waals surface area (Å²) in [6.45, 7) is 12.8. The van der Waals surface area contributed by atoms with Crippen LogP contribution in [-0.4, -0.2) is 23.4 Å². The molecule has 1 heterocycles. The van der Waals surface area contributed by atoms with Gasteiger partial charge < -0.3 is 19.3 Å². The van der Waals surface area contributed by atoms with Crippen molar-refractivity contribution in [3.05, 3.63) is 35.5 Å². The van der Waals surface area contributed by atoms with Gasteiger partial charge in [-0.2, -0.15) is 4.98 Å². The molecule has 0 aliphatic carbocycles. The second-order valence-electron chi connectivity index (χ2n) is 7.46. The molecule has 1 aromatic carbocycles. The largest absolute Gasteiger partial charge is 0.493 e. The van der Waals surface area contributed by atoms with Gasteiger partial charge in [0.15, 0.2) is 17.3 Å².